The lowest BCUT2D eigenvalue weighted by molar-refractivity contribution is 0.0623. The number of aromatic nitrogens is 1. The fourth-order valence-corrected chi connectivity index (χ4v) is 4.74. The number of carbonyl (C=O) groups excluding carboxylic acids is 1. The second-order valence-electron chi connectivity index (χ2n) is 7.99. The van der Waals surface area contributed by atoms with Gasteiger partial charge in [-0.3, -0.25) is 9.69 Å². The first-order valence-electron chi connectivity index (χ1n) is 11.0. The van der Waals surface area contributed by atoms with E-state index >= 15 is 0 Å². The predicted octanol–water partition coefficient (Wildman–Crippen LogP) is 3.59. The summed E-state index contributed by atoms with van der Waals surface area (Å²) in [7, 11) is 3.19. The number of hydrogen-bond acceptors (Lipinski definition) is 9. The highest BCUT2D eigenvalue weighted by Crippen LogP contribution is 2.33. The summed E-state index contributed by atoms with van der Waals surface area (Å²) in [5.41, 5.74) is 2.44. The van der Waals surface area contributed by atoms with E-state index in [1.54, 1.807) is 19.6 Å². The maximum Gasteiger partial charge on any atom is 0.273 e. The molecule has 0 spiro atoms. The minimum atomic E-state index is -0.0423. The molecule has 178 valence electrons. The molecule has 1 N–H and O–H groups in total. The fourth-order valence-electron chi connectivity index (χ4n) is 4.04. The van der Waals surface area contributed by atoms with Gasteiger partial charge in [0.05, 0.1) is 14.2 Å². The molecule has 2 aromatic carbocycles. The molecule has 0 atom stereocenters. The Morgan fingerprint density at radius 2 is 1.82 bits per heavy atom. The Hall–Kier alpha value is -3.50. The van der Waals surface area contributed by atoms with Gasteiger partial charge in [0.2, 0.25) is 6.79 Å². The molecule has 2 aliphatic heterocycles. The Morgan fingerprint density at radius 3 is 2.62 bits per heavy atom. The second-order valence-corrected chi connectivity index (χ2v) is 8.85. The molecule has 0 aliphatic carbocycles. The van der Waals surface area contributed by atoms with E-state index in [0.29, 0.717) is 35.4 Å². The van der Waals surface area contributed by atoms with Gasteiger partial charge >= 0.3 is 0 Å². The number of methoxy groups -OCH3 is 2. The number of nitrogens with zero attached hydrogens (tertiary/aromatic N) is 3. The van der Waals surface area contributed by atoms with E-state index in [-0.39, 0.29) is 12.7 Å². The minimum absolute atomic E-state index is 0.0423. The van der Waals surface area contributed by atoms with Gasteiger partial charge in [0.15, 0.2) is 28.1 Å². The lowest BCUT2D eigenvalue weighted by Gasteiger charge is -2.34. The molecular formula is C24H26N4O5S. The van der Waals surface area contributed by atoms with Crippen molar-refractivity contribution in [1.29, 1.82) is 0 Å². The summed E-state index contributed by atoms with van der Waals surface area (Å²) in [4.78, 5) is 21.7. The van der Waals surface area contributed by atoms with Crippen LogP contribution in [0.5, 0.6) is 23.0 Å². The summed E-state index contributed by atoms with van der Waals surface area (Å²) in [6, 6.07) is 11.6. The summed E-state index contributed by atoms with van der Waals surface area (Å²) in [5.74, 6) is 2.83. The van der Waals surface area contributed by atoms with Crippen LogP contribution in [0.2, 0.25) is 0 Å². The first-order chi connectivity index (χ1) is 16.6. The molecule has 34 heavy (non-hydrogen) atoms. The topological polar surface area (TPSA) is 85.4 Å². The number of rotatable bonds is 7. The Bertz CT molecular complexity index is 1180. The van der Waals surface area contributed by atoms with Crippen LogP contribution in [0, 0.1) is 0 Å². The summed E-state index contributed by atoms with van der Waals surface area (Å²) in [6.07, 6.45) is 0. The van der Waals surface area contributed by atoms with Crippen molar-refractivity contribution in [3.05, 3.63) is 53.0 Å². The number of anilines is 2. The number of nitrogens with one attached hydrogen (secondary N) is 1. The summed E-state index contributed by atoms with van der Waals surface area (Å²) in [6.45, 7) is 4.04. The Balaban J connectivity index is 1.15. The van der Waals surface area contributed by atoms with Crippen molar-refractivity contribution < 1.29 is 23.7 Å². The zero-order valence-corrected chi connectivity index (χ0v) is 19.9. The molecule has 1 amide bonds. The molecule has 10 heteroatoms. The van der Waals surface area contributed by atoms with E-state index in [1.165, 1.54) is 16.9 Å². The van der Waals surface area contributed by atoms with Gasteiger partial charge in [0.1, 0.15) is 5.69 Å². The van der Waals surface area contributed by atoms with Gasteiger partial charge in [0.25, 0.3) is 5.91 Å². The smallest absolute Gasteiger partial charge is 0.273 e. The highest BCUT2D eigenvalue weighted by atomic mass is 32.1. The van der Waals surface area contributed by atoms with Gasteiger partial charge in [0, 0.05) is 49.9 Å². The Morgan fingerprint density at radius 1 is 1.03 bits per heavy atom. The van der Waals surface area contributed by atoms with Gasteiger partial charge in [-0.15, -0.1) is 11.3 Å². The third-order valence-corrected chi connectivity index (χ3v) is 6.62. The molecule has 0 saturated carbocycles. The number of hydrogen-bond donors (Lipinski definition) is 1. The van der Waals surface area contributed by atoms with Crippen LogP contribution in [0.15, 0.2) is 41.8 Å². The highest BCUT2D eigenvalue weighted by molar-refractivity contribution is 7.14. The highest BCUT2D eigenvalue weighted by Gasteiger charge is 2.24. The second kappa shape index (κ2) is 9.78. The van der Waals surface area contributed by atoms with Gasteiger partial charge < -0.3 is 29.2 Å². The van der Waals surface area contributed by atoms with Crippen LogP contribution in [0.4, 0.5) is 10.8 Å². The number of thiazole rings is 1. The molecule has 0 unspecified atom stereocenters. The Labute approximate surface area is 201 Å². The average Bonchev–Trinajstić information content (AvgIpc) is 3.53. The van der Waals surface area contributed by atoms with E-state index in [4.69, 9.17) is 18.9 Å². The van der Waals surface area contributed by atoms with Crippen molar-refractivity contribution in [2.24, 2.45) is 0 Å². The molecule has 0 bridgehead atoms. The summed E-state index contributed by atoms with van der Waals surface area (Å²) < 4.78 is 21.5. The van der Waals surface area contributed by atoms with E-state index in [2.05, 4.69) is 21.3 Å². The van der Waals surface area contributed by atoms with E-state index in [1.807, 2.05) is 35.2 Å². The minimum Gasteiger partial charge on any atom is -0.493 e. The van der Waals surface area contributed by atoms with Crippen molar-refractivity contribution in [3.8, 4) is 23.0 Å². The standard InChI is InChI=1S/C24H26N4O5S/c1-30-19-6-4-17(12-21(19)31-2)25-24-26-18(14-34-24)23(29)28-9-7-27(8-10-28)13-16-3-5-20-22(11-16)33-15-32-20/h3-6,11-12,14H,7-10,13,15H2,1-2H3,(H,25,26). The molecule has 5 rings (SSSR count). The van der Waals surface area contributed by atoms with Gasteiger partial charge in [-0.1, -0.05) is 6.07 Å². The van der Waals surface area contributed by atoms with Crippen LogP contribution in [0.25, 0.3) is 0 Å². The maximum absolute atomic E-state index is 13.0. The van der Waals surface area contributed by atoms with Crippen LogP contribution < -0.4 is 24.3 Å². The van der Waals surface area contributed by atoms with Crippen molar-refractivity contribution in [2.75, 3.05) is 52.5 Å². The van der Waals surface area contributed by atoms with E-state index < -0.39 is 0 Å². The van der Waals surface area contributed by atoms with Crippen LogP contribution in [0.3, 0.4) is 0 Å². The summed E-state index contributed by atoms with van der Waals surface area (Å²) >= 11 is 1.40. The number of ether oxygens (including phenoxy) is 4. The third kappa shape index (κ3) is 4.73. The maximum atomic E-state index is 13.0. The number of piperazine rings is 1. The average molecular weight is 483 g/mol. The molecule has 3 aromatic rings. The molecule has 9 nitrogen and oxygen atoms in total. The lowest BCUT2D eigenvalue weighted by atomic mass is 10.1. The molecule has 1 saturated heterocycles. The lowest BCUT2D eigenvalue weighted by Crippen LogP contribution is -2.48. The van der Waals surface area contributed by atoms with E-state index in [0.717, 1.165) is 36.8 Å². The zero-order chi connectivity index (χ0) is 23.5. The number of carbonyl (C=O) groups is 1. The number of benzene rings is 2. The van der Waals surface area contributed by atoms with Crippen LogP contribution in [-0.2, 0) is 6.54 Å². The van der Waals surface area contributed by atoms with E-state index in [9.17, 15) is 4.79 Å². The number of amides is 1. The SMILES string of the molecule is COc1ccc(Nc2nc(C(=O)N3CCN(Cc4ccc5c(c4)OCO5)CC3)cs2)cc1OC. The molecule has 2 aliphatic rings. The Kier molecular flexibility index (Phi) is 6.41. The quantitative estimate of drug-likeness (QED) is 0.547. The number of fused-ring (bicyclic) bond motifs is 1. The fraction of sp³-hybridized carbons (Fsp3) is 0.333. The zero-order valence-electron chi connectivity index (χ0n) is 19.1. The molecule has 1 aromatic heterocycles. The van der Waals surface area contributed by atoms with Crippen molar-refractivity contribution >= 4 is 28.1 Å². The van der Waals surface area contributed by atoms with Gasteiger partial charge in [-0.05, 0) is 29.8 Å². The molecular weight excluding hydrogens is 456 g/mol. The third-order valence-electron chi connectivity index (χ3n) is 5.86. The predicted molar refractivity (Wildman–Crippen MR) is 129 cm³/mol. The van der Waals surface area contributed by atoms with Crippen LogP contribution in [-0.4, -0.2) is 67.9 Å². The normalized spacial score (nSPS) is 15.3. The molecule has 0 radical (unpaired) electrons. The van der Waals surface area contributed by atoms with Crippen molar-refractivity contribution in [3.63, 3.8) is 0 Å². The van der Waals surface area contributed by atoms with Crippen molar-refractivity contribution in [1.82, 2.24) is 14.8 Å². The summed E-state index contributed by atoms with van der Waals surface area (Å²) in [5, 5.41) is 5.68. The van der Waals surface area contributed by atoms with Gasteiger partial charge in [-0.2, -0.15) is 0 Å². The molecule has 3 heterocycles. The largest absolute Gasteiger partial charge is 0.493 e. The monoisotopic (exact) mass is 482 g/mol. The first-order valence-corrected chi connectivity index (χ1v) is 11.9. The van der Waals surface area contributed by atoms with Crippen molar-refractivity contribution in [2.45, 2.75) is 6.54 Å². The van der Waals surface area contributed by atoms with Crippen LogP contribution >= 0.6 is 11.3 Å². The molecule has 1 fully saturated rings. The van der Waals surface area contributed by atoms with Crippen LogP contribution in [0.1, 0.15) is 16.1 Å². The van der Waals surface area contributed by atoms with Gasteiger partial charge in [-0.25, -0.2) is 4.98 Å². The first kappa shape index (κ1) is 22.3.